The molecule has 114 valence electrons. The van der Waals surface area contributed by atoms with Crippen molar-refractivity contribution in [2.45, 2.75) is 25.5 Å². The number of hydrogen-bond donors (Lipinski definition) is 1. The van der Waals surface area contributed by atoms with Crippen LogP contribution in [0.4, 0.5) is 4.79 Å². The number of benzene rings is 1. The van der Waals surface area contributed by atoms with Crippen LogP contribution in [0.2, 0.25) is 0 Å². The van der Waals surface area contributed by atoms with E-state index < -0.39 is 0 Å². The maximum atomic E-state index is 12.0. The van der Waals surface area contributed by atoms with Gasteiger partial charge in [0, 0.05) is 19.0 Å². The van der Waals surface area contributed by atoms with E-state index in [1.807, 2.05) is 24.3 Å². The molecule has 0 saturated carbocycles. The Balaban J connectivity index is 1.62. The second kappa shape index (κ2) is 6.35. The molecule has 2 atom stereocenters. The smallest absolute Gasteiger partial charge is 0.410 e. The Hall–Kier alpha value is -1.75. The van der Waals surface area contributed by atoms with Crippen molar-refractivity contribution in [1.82, 2.24) is 10.2 Å². The van der Waals surface area contributed by atoms with Crippen molar-refractivity contribution >= 4 is 6.09 Å². The number of hydrogen-bond acceptors (Lipinski definition) is 4. The zero-order valence-electron chi connectivity index (χ0n) is 12.4. The van der Waals surface area contributed by atoms with Crippen LogP contribution in [0.1, 0.15) is 18.4 Å². The number of nitrogens with one attached hydrogen (secondary N) is 1. The first kappa shape index (κ1) is 14.2. The van der Waals surface area contributed by atoms with Gasteiger partial charge in [-0.2, -0.15) is 0 Å². The number of rotatable bonds is 4. The molecule has 1 aromatic rings. The van der Waals surface area contributed by atoms with Gasteiger partial charge in [0.25, 0.3) is 0 Å². The molecule has 5 nitrogen and oxygen atoms in total. The third kappa shape index (κ3) is 3.29. The van der Waals surface area contributed by atoms with Crippen molar-refractivity contribution in [3.05, 3.63) is 29.8 Å². The number of cyclic esters (lactones) is 1. The Morgan fingerprint density at radius 1 is 1.48 bits per heavy atom. The Labute approximate surface area is 125 Å². The molecule has 5 heteroatoms. The summed E-state index contributed by atoms with van der Waals surface area (Å²) in [7, 11) is 1.65. The van der Waals surface area contributed by atoms with Gasteiger partial charge in [-0.1, -0.05) is 12.1 Å². The summed E-state index contributed by atoms with van der Waals surface area (Å²) in [5.41, 5.74) is 1.06. The lowest BCUT2D eigenvalue weighted by molar-refractivity contribution is 0.0926. The maximum absolute atomic E-state index is 12.0. The largest absolute Gasteiger partial charge is 0.497 e. The van der Waals surface area contributed by atoms with E-state index in [0.717, 1.165) is 37.2 Å². The molecule has 0 bridgehead atoms. The van der Waals surface area contributed by atoms with Crippen LogP contribution in [0, 0.1) is 5.92 Å². The number of carbonyl (C=O) groups excluding carboxylic acids is 1. The average Bonchev–Trinajstić information content (AvgIpc) is 2.89. The molecule has 2 aliphatic heterocycles. The Morgan fingerprint density at radius 2 is 2.38 bits per heavy atom. The molecule has 21 heavy (non-hydrogen) atoms. The summed E-state index contributed by atoms with van der Waals surface area (Å²) >= 11 is 0. The van der Waals surface area contributed by atoms with E-state index in [2.05, 4.69) is 5.32 Å². The molecular weight excluding hydrogens is 268 g/mol. The molecule has 0 radical (unpaired) electrons. The van der Waals surface area contributed by atoms with E-state index in [1.54, 1.807) is 12.0 Å². The summed E-state index contributed by atoms with van der Waals surface area (Å²) in [6.45, 7) is 3.28. The number of piperidine rings is 1. The topological polar surface area (TPSA) is 50.8 Å². The molecule has 2 saturated heterocycles. The predicted molar refractivity (Wildman–Crippen MR) is 79.3 cm³/mol. The van der Waals surface area contributed by atoms with Crippen molar-refractivity contribution in [1.29, 1.82) is 0 Å². The number of amides is 1. The van der Waals surface area contributed by atoms with Gasteiger partial charge in [0.15, 0.2) is 0 Å². The van der Waals surface area contributed by atoms with Crippen molar-refractivity contribution in [2.75, 3.05) is 26.7 Å². The Bertz CT molecular complexity index is 500. The molecule has 1 N–H and O–H groups in total. The third-order valence-electron chi connectivity index (χ3n) is 4.28. The lowest BCUT2D eigenvalue weighted by atomic mass is 9.94. The fraction of sp³-hybridized carbons (Fsp3) is 0.562. The number of carbonyl (C=O) groups is 1. The standard InChI is InChI=1S/C16H22N2O3/c1-20-14-6-2-4-12(8-14)10-18-11-15(21-16(18)19)13-5-3-7-17-9-13/h2,4,6,8,13,15,17H,3,5,7,9-11H2,1H3. The minimum Gasteiger partial charge on any atom is -0.497 e. The van der Waals surface area contributed by atoms with Crippen LogP contribution >= 0.6 is 0 Å². The highest BCUT2D eigenvalue weighted by atomic mass is 16.6. The van der Waals surface area contributed by atoms with Crippen LogP contribution in [0.3, 0.4) is 0 Å². The van der Waals surface area contributed by atoms with Crippen molar-refractivity contribution in [2.24, 2.45) is 5.92 Å². The Kier molecular flexibility index (Phi) is 4.29. The van der Waals surface area contributed by atoms with E-state index in [0.29, 0.717) is 19.0 Å². The second-order valence-electron chi connectivity index (χ2n) is 5.76. The number of nitrogens with zero attached hydrogens (tertiary/aromatic N) is 1. The van der Waals surface area contributed by atoms with Crippen LogP contribution in [0.25, 0.3) is 0 Å². The van der Waals surface area contributed by atoms with E-state index >= 15 is 0 Å². The minimum atomic E-state index is -0.201. The summed E-state index contributed by atoms with van der Waals surface area (Å²) in [4.78, 5) is 13.8. The lowest BCUT2D eigenvalue weighted by Crippen LogP contribution is -2.38. The zero-order valence-corrected chi connectivity index (χ0v) is 12.4. The fourth-order valence-corrected chi connectivity index (χ4v) is 3.09. The lowest BCUT2D eigenvalue weighted by Gasteiger charge is -2.26. The van der Waals surface area contributed by atoms with E-state index in [-0.39, 0.29) is 12.2 Å². The summed E-state index contributed by atoms with van der Waals surface area (Å²) in [5, 5.41) is 3.38. The van der Waals surface area contributed by atoms with Crippen LogP contribution in [0.5, 0.6) is 5.75 Å². The van der Waals surface area contributed by atoms with Crippen LogP contribution < -0.4 is 10.1 Å². The highest BCUT2D eigenvalue weighted by molar-refractivity contribution is 5.70. The highest BCUT2D eigenvalue weighted by Gasteiger charge is 2.36. The zero-order chi connectivity index (χ0) is 14.7. The van der Waals surface area contributed by atoms with Gasteiger partial charge in [-0.3, -0.25) is 0 Å². The third-order valence-corrected chi connectivity index (χ3v) is 4.28. The second-order valence-corrected chi connectivity index (χ2v) is 5.76. The Morgan fingerprint density at radius 3 is 3.14 bits per heavy atom. The predicted octanol–water partition coefficient (Wildman–Crippen LogP) is 2.02. The molecule has 0 spiro atoms. The summed E-state index contributed by atoms with van der Waals surface area (Å²) < 4.78 is 10.8. The summed E-state index contributed by atoms with van der Waals surface area (Å²) in [6, 6.07) is 7.81. The molecule has 2 aliphatic rings. The number of ether oxygens (including phenoxy) is 2. The van der Waals surface area contributed by atoms with Gasteiger partial charge in [0.05, 0.1) is 13.7 Å². The van der Waals surface area contributed by atoms with E-state index in [1.165, 1.54) is 0 Å². The minimum absolute atomic E-state index is 0.0240. The molecule has 2 unspecified atom stereocenters. The van der Waals surface area contributed by atoms with Gasteiger partial charge >= 0.3 is 6.09 Å². The van der Waals surface area contributed by atoms with Gasteiger partial charge in [-0.25, -0.2) is 4.79 Å². The maximum Gasteiger partial charge on any atom is 0.410 e. The summed E-state index contributed by atoms with van der Waals surface area (Å²) in [6.07, 6.45) is 2.12. The van der Waals surface area contributed by atoms with E-state index in [9.17, 15) is 4.79 Å². The van der Waals surface area contributed by atoms with Crippen molar-refractivity contribution < 1.29 is 14.3 Å². The average molecular weight is 290 g/mol. The molecule has 0 aromatic heterocycles. The van der Waals surface area contributed by atoms with Gasteiger partial charge in [-0.15, -0.1) is 0 Å². The highest BCUT2D eigenvalue weighted by Crippen LogP contribution is 2.25. The molecule has 3 rings (SSSR count). The number of methoxy groups -OCH3 is 1. The molecule has 1 amide bonds. The van der Waals surface area contributed by atoms with Crippen LogP contribution in [-0.4, -0.2) is 43.8 Å². The molecule has 2 fully saturated rings. The van der Waals surface area contributed by atoms with Gasteiger partial charge in [0.2, 0.25) is 0 Å². The molecule has 0 aliphatic carbocycles. The summed E-state index contributed by atoms with van der Waals surface area (Å²) in [5.74, 6) is 1.26. The van der Waals surface area contributed by atoms with Gasteiger partial charge < -0.3 is 19.7 Å². The van der Waals surface area contributed by atoms with Gasteiger partial charge in [-0.05, 0) is 37.1 Å². The van der Waals surface area contributed by atoms with E-state index in [4.69, 9.17) is 9.47 Å². The van der Waals surface area contributed by atoms with Crippen LogP contribution in [-0.2, 0) is 11.3 Å². The first-order valence-corrected chi connectivity index (χ1v) is 7.55. The SMILES string of the molecule is COc1cccc(CN2CC(C3CCCNC3)OC2=O)c1. The fourth-order valence-electron chi connectivity index (χ4n) is 3.09. The van der Waals surface area contributed by atoms with Crippen LogP contribution in [0.15, 0.2) is 24.3 Å². The van der Waals surface area contributed by atoms with Crippen molar-refractivity contribution in [3.63, 3.8) is 0 Å². The first-order chi connectivity index (χ1) is 10.3. The molecular formula is C16H22N2O3. The monoisotopic (exact) mass is 290 g/mol. The molecule has 2 heterocycles. The quantitative estimate of drug-likeness (QED) is 0.921. The normalized spacial score (nSPS) is 25.8. The first-order valence-electron chi connectivity index (χ1n) is 7.55. The molecule has 1 aromatic carbocycles. The van der Waals surface area contributed by atoms with Gasteiger partial charge in [0.1, 0.15) is 11.9 Å². The van der Waals surface area contributed by atoms with Crippen molar-refractivity contribution in [3.8, 4) is 5.75 Å².